The lowest BCUT2D eigenvalue weighted by molar-refractivity contribution is 0.911. The van der Waals surface area contributed by atoms with Crippen LogP contribution in [0, 0.1) is 0 Å². The number of allylic oxidation sites excluding steroid dienone is 4. The van der Waals surface area contributed by atoms with Gasteiger partial charge >= 0.3 is 0 Å². The molecule has 1 heterocycles. The van der Waals surface area contributed by atoms with E-state index in [9.17, 15) is 0 Å². The number of fused-ring (bicyclic) bond motifs is 2. The molecule has 3 aromatic carbocycles. The zero-order chi connectivity index (χ0) is 20.5. The van der Waals surface area contributed by atoms with E-state index in [-0.39, 0.29) is 0 Å². The normalized spacial score (nSPS) is 17.1. The van der Waals surface area contributed by atoms with Crippen molar-refractivity contribution in [2.75, 3.05) is 0 Å². The third-order valence-corrected chi connectivity index (χ3v) is 7.29. The third kappa shape index (κ3) is 3.68. The molecule has 1 aliphatic carbocycles. The molecule has 0 saturated carbocycles. The van der Waals surface area contributed by atoms with E-state index in [1.807, 2.05) is 11.8 Å². The van der Waals surface area contributed by atoms with Crippen LogP contribution in [0.2, 0.25) is 0 Å². The van der Waals surface area contributed by atoms with Gasteiger partial charge in [-0.1, -0.05) is 98.4 Å². The molecule has 0 bridgehead atoms. The van der Waals surface area contributed by atoms with Crippen LogP contribution in [-0.4, -0.2) is 5.71 Å². The Hall–Kier alpha value is -2.84. The lowest BCUT2D eigenvalue weighted by atomic mass is 9.89. The second-order valence-corrected chi connectivity index (χ2v) is 9.15. The molecule has 148 valence electrons. The first-order valence-electron chi connectivity index (χ1n) is 10.6. The predicted octanol–water partition coefficient (Wildman–Crippen LogP) is 8.03. The molecule has 1 aliphatic heterocycles. The van der Waals surface area contributed by atoms with Gasteiger partial charge in [0.25, 0.3) is 0 Å². The second kappa shape index (κ2) is 8.12. The maximum atomic E-state index is 4.99. The Balaban J connectivity index is 1.43. The molecule has 0 saturated heterocycles. The zero-order valence-corrected chi connectivity index (χ0v) is 18.2. The molecule has 0 spiro atoms. The highest BCUT2D eigenvalue weighted by Gasteiger charge is 2.23. The Labute approximate surface area is 183 Å². The van der Waals surface area contributed by atoms with Crippen molar-refractivity contribution in [3.63, 3.8) is 0 Å². The number of nitrogens with zero attached hydrogens (tertiary/aromatic N) is 1. The molecule has 2 aliphatic rings. The average molecular weight is 408 g/mol. The van der Waals surface area contributed by atoms with Crippen LogP contribution in [0.4, 0.5) is 5.69 Å². The smallest absolute Gasteiger partial charge is 0.0773 e. The standard InChI is InChI=1S/C28H25NS/c1-19(21-9-5-3-6-10-21)23-13-15-25-27(17-23)30-28-18-24(14-16-26(28)29-25)20(2)22-11-7-4-8-12-22/h3-15,17-20H,16H2,1-2H3. The molecular formula is C28H25NS. The highest BCUT2D eigenvalue weighted by Crippen LogP contribution is 2.45. The van der Waals surface area contributed by atoms with Crippen molar-refractivity contribution in [3.8, 4) is 0 Å². The van der Waals surface area contributed by atoms with Gasteiger partial charge in [0, 0.05) is 28.1 Å². The fourth-order valence-corrected chi connectivity index (χ4v) is 5.30. The monoisotopic (exact) mass is 407 g/mol. The summed E-state index contributed by atoms with van der Waals surface area (Å²) in [6.45, 7) is 4.57. The zero-order valence-electron chi connectivity index (χ0n) is 17.4. The number of rotatable bonds is 4. The summed E-state index contributed by atoms with van der Waals surface area (Å²) in [7, 11) is 0. The molecule has 0 radical (unpaired) electrons. The first-order chi connectivity index (χ1) is 14.7. The van der Waals surface area contributed by atoms with E-state index in [2.05, 4.69) is 105 Å². The minimum absolute atomic E-state index is 0.372. The van der Waals surface area contributed by atoms with Crippen molar-refractivity contribution in [2.45, 2.75) is 37.0 Å². The van der Waals surface area contributed by atoms with Gasteiger partial charge in [-0.2, -0.15) is 0 Å². The summed E-state index contributed by atoms with van der Waals surface area (Å²) in [6.07, 6.45) is 5.60. The van der Waals surface area contributed by atoms with E-state index in [1.165, 1.54) is 37.8 Å². The lowest BCUT2D eigenvalue weighted by Crippen LogP contribution is -2.10. The molecule has 0 amide bonds. The summed E-state index contributed by atoms with van der Waals surface area (Å²) in [6, 6.07) is 28.2. The lowest BCUT2D eigenvalue weighted by Gasteiger charge is -2.24. The van der Waals surface area contributed by atoms with Crippen LogP contribution < -0.4 is 0 Å². The van der Waals surface area contributed by atoms with E-state index in [4.69, 9.17) is 4.99 Å². The van der Waals surface area contributed by atoms with Crippen LogP contribution >= 0.6 is 11.8 Å². The highest BCUT2D eigenvalue weighted by molar-refractivity contribution is 8.04. The Bertz CT molecular complexity index is 1160. The number of thioether (sulfide) groups is 1. The summed E-state index contributed by atoms with van der Waals surface area (Å²) in [4.78, 5) is 7.55. The number of benzene rings is 3. The Morgan fingerprint density at radius 2 is 1.43 bits per heavy atom. The van der Waals surface area contributed by atoms with Gasteiger partial charge in [-0.3, -0.25) is 4.99 Å². The number of hydrogen-bond donors (Lipinski definition) is 0. The largest absolute Gasteiger partial charge is 0.251 e. The van der Waals surface area contributed by atoms with E-state index in [0.717, 1.165) is 12.1 Å². The third-order valence-electron chi connectivity index (χ3n) is 6.17. The molecule has 0 fully saturated rings. The first-order valence-corrected chi connectivity index (χ1v) is 11.4. The van der Waals surface area contributed by atoms with Crippen LogP contribution in [-0.2, 0) is 0 Å². The molecule has 0 aromatic heterocycles. The van der Waals surface area contributed by atoms with Crippen LogP contribution in [0.1, 0.15) is 48.8 Å². The topological polar surface area (TPSA) is 12.4 Å². The van der Waals surface area contributed by atoms with Gasteiger partial charge in [0.1, 0.15) is 0 Å². The van der Waals surface area contributed by atoms with Crippen molar-refractivity contribution in [1.29, 1.82) is 0 Å². The molecule has 2 atom stereocenters. The quantitative estimate of drug-likeness (QED) is 0.426. The van der Waals surface area contributed by atoms with Crippen LogP contribution in [0.5, 0.6) is 0 Å². The molecule has 30 heavy (non-hydrogen) atoms. The predicted molar refractivity (Wildman–Crippen MR) is 129 cm³/mol. The summed E-state index contributed by atoms with van der Waals surface area (Å²) < 4.78 is 0. The van der Waals surface area contributed by atoms with E-state index < -0.39 is 0 Å². The maximum Gasteiger partial charge on any atom is 0.0773 e. The van der Waals surface area contributed by atoms with E-state index in [1.54, 1.807) is 0 Å². The fraction of sp³-hybridized carbons (Fsp3) is 0.179. The molecule has 2 heteroatoms. The van der Waals surface area contributed by atoms with E-state index in [0.29, 0.717) is 11.8 Å². The van der Waals surface area contributed by atoms with Crippen molar-refractivity contribution in [2.24, 2.45) is 4.99 Å². The Morgan fingerprint density at radius 1 is 0.767 bits per heavy atom. The first kappa shape index (κ1) is 19.1. The van der Waals surface area contributed by atoms with Gasteiger partial charge in [0.2, 0.25) is 0 Å². The van der Waals surface area contributed by atoms with Gasteiger partial charge < -0.3 is 0 Å². The Kier molecular flexibility index (Phi) is 5.18. The second-order valence-electron chi connectivity index (χ2n) is 8.07. The average Bonchev–Trinajstić information content (AvgIpc) is 2.82. The summed E-state index contributed by atoms with van der Waals surface area (Å²) in [5.74, 6) is 0.767. The highest BCUT2D eigenvalue weighted by atomic mass is 32.2. The SMILES string of the molecule is CC(C1=CCC2=Nc3ccc(C(C)c4ccccc4)cc3SC2=C1)c1ccccc1. The molecule has 1 nitrogen and oxygen atoms in total. The molecule has 3 aromatic rings. The van der Waals surface area contributed by atoms with Gasteiger partial charge in [-0.25, -0.2) is 0 Å². The summed E-state index contributed by atoms with van der Waals surface area (Å²) in [5, 5.41) is 0. The minimum Gasteiger partial charge on any atom is -0.251 e. The van der Waals surface area contributed by atoms with E-state index >= 15 is 0 Å². The van der Waals surface area contributed by atoms with Gasteiger partial charge in [0.05, 0.1) is 11.4 Å². The van der Waals surface area contributed by atoms with Crippen molar-refractivity contribution < 1.29 is 0 Å². The maximum absolute atomic E-state index is 4.99. The minimum atomic E-state index is 0.372. The van der Waals surface area contributed by atoms with Crippen molar-refractivity contribution in [3.05, 3.63) is 118 Å². The van der Waals surface area contributed by atoms with Crippen LogP contribution in [0.15, 0.2) is 111 Å². The van der Waals surface area contributed by atoms with Gasteiger partial charge in [-0.05, 0) is 40.5 Å². The summed E-state index contributed by atoms with van der Waals surface area (Å²) >= 11 is 1.87. The molecule has 2 unspecified atom stereocenters. The molecule has 0 N–H and O–H groups in total. The Morgan fingerprint density at radius 3 is 2.13 bits per heavy atom. The van der Waals surface area contributed by atoms with Crippen molar-refractivity contribution in [1.82, 2.24) is 0 Å². The number of aliphatic imine (C=N–C) groups is 1. The van der Waals surface area contributed by atoms with Gasteiger partial charge in [-0.15, -0.1) is 0 Å². The van der Waals surface area contributed by atoms with Crippen LogP contribution in [0.25, 0.3) is 0 Å². The number of hydrogen-bond acceptors (Lipinski definition) is 2. The molecule has 5 rings (SSSR count). The molecular weight excluding hydrogens is 382 g/mol. The van der Waals surface area contributed by atoms with Crippen molar-refractivity contribution >= 4 is 23.2 Å². The van der Waals surface area contributed by atoms with Crippen LogP contribution in [0.3, 0.4) is 0 Å². The summed E-state index contributed by atoms with van der Waals surface area (Å²) in [5.41, 5.74) is 7.74. The van der Waals surface area contributed by atoms with Gasteiger partial charge in [0.15, 0.2) is 0 Å². The fourth-order valence-electron chi connectivity index (χ4n) is 4.21.